The van der Waals surface area contributed by atoms with Crippen molar-refractivity contribution in [1.29, 1.82) is 0 Å². The largest absolute Gasteiger partial charge is 0.444 e. The molecule has 4 atom stereocenters. The summed E-state index contributed by atoms with van der Waals surface area (Å²) >= 11 is 0. The first-order valence-electron chi connectivity index (χ1n) is 19.0. The first kappa shape index (κ1) is 44.2. The van der Waals surface area contributed by atoms with Crippen molar-refractivity contribution in [1.82, 2.24) is 20.6 Å². The van der Waals surface area contributed by atoms with E-state index in [4.69, 9.17) is 20.2 Å². The van der Waals surface area contributed by atoms with E-state index in [0.29, 0.717) is 11.7 Å². The number of benzene rings is 2. The number of fused-ring (bicyclic) bond motifs is 1. The van der Waals surface area contributed by atoms with Gasteiger partial charge in [-0.05, 0) is 107 Å². The van der Waals surface area contributed by atoms with E-state index in [0.717, 1.165) is 34.0 Å². The Hall–Kier alpha value is -5.22. The van der Waals surface area contributed by atoms with Gasteiger partial charge in [-0.2, -0.15) is 0 Å². The van der Waals surface area contributed by atoms with Gasteiger partial charge in [0.25, 0.3) is 0 Å². The highest BCUT2D eigenvalue weighted by atomic mass is 16.6. The summed E-state index contributed by atoms with van der Waals surface area (Å²) < 4.78 is 11.0. The van der Waals surface area contributed by atoms with Crippen LogP contribution in [0.25, 0.3) is 22.0 Å². The Morgan fingerprint density at radius 1 is 0.873 bits per heavy atom. The van der Waals surface area contributed by atoms with E-state index in [9.17, 15) is 9.59 Å². The number of nitrogens with zero attached hydrogens (tertiary/aromatic N) is 2. The number of aromatic nitrogens is 2. The summed E-state index contributed by atoms with van der Waals surface area (Å²) in [5.74, 6) is 13.2. The zero-order valence-electron chi connectivity index (χ0n) is 35.3. The number of ether oxygens (including phenoxy) is 2. The fourth-order valence-corrected chi connectivity index (χ4v) is 5.63. The number of H-pyrrole nitrogens is 1. The highest BCUT2D eigenvalue weighted by molar-refractivity contribution is 5.90. The minimum Gasteiger partial charge on any atom is -0.444 e. The molecule has 2 unspecified atom stereocenters. The second-order valence-electron chi connectivity index (χ2n) is 18.0. The van der Waals surface area contributed by atoms with Crippen molar-refractivity contribution >= 4 is 28.8 Å². The molecule has 0 aliphatic heterocycles. The predicted molar refractivity (Wildman–Crippen MR) is 224 cm³/mol. The van der Waals surface area contributed by atoms with Gasteiger partial charge >= 0.3 is 12.2 Å². The number of hydrogen-bond acceptors (Lipinski definition) is 6. The van der Waals surface area contributed by atoms with Crippen molar-refractivity contribution in [3.8, 4) is 34.9 Å². The van der Waals surface area contributed by atoms with Gasteiger partial charge in [0, 0.05) is 11.1 Å². The third kappa shape index (κ3) is 14.2. The van der Waals surface area contributed by atoms with Crippen LogP contribution in [-0.4, -0.2) is 51.3 Å². The van der Waals surface area contributed by atoms with Crippen LogP contribution in [0.5, 0.6) is 0 Å². The number of carbonyl (C=O) groups excluding carboxylic acids is 2. The lowest BCUT2D eigenvalue weighted by Crippen LogP contribution is -2.53. The van der Waals surface area contributed by atoms with Crippen molar-refractivity contribution in [3.63, 3.8) is 0 Å². The van der Waals surface area contributed by atoms with Gasteiger partial charge < -0.3 is 30.8 Å². The van der Waals surface area contributed by atoms with Gasteiger partial charge in [-0.15, -0.1) is 0 Å². The summed E-state index contributed by atoms with van der Waals surface area (Å²) in [7, 11) is 0. The van der Waals surface area contributed by atoms with Crippen LogP contribution >= 0.6 is 0 Å². The number of allylic oxidation sites excluding steroid dienone is 1. The number of amidine groups is 1. The number of nitrogens with one attached hydrogen (secondary N) is 3. The van der Waals surface area contributed by atoms with E-state index >= 15 is 0 Å². The van der Waals surface area contributed by atoms with E-state index in [1.807, 2.05) is 120 Å². The molecule has 3 rings (SSSR count). The summed E-state index contributed by atoms with van der Waals surface area (Å²) in [5, 5.41) is 7.98. The molecule has 1 heterocycles. The third-order valence-corrected chi connectivity index (χ3v) is 8.33. The smallest absolute Gasteiger partial charge is 0.408 e. The molecule has 0 radical (unpaired) electrons. The summed E-state index contributed by atoms with van der Waals surface area (Å²) in [5.41, 5.74) is 7.22. The number of nitrogens with two attached hydrogens (primary N) is 1. The van der Waals surface area contributed by atoms with Gasteiger partial charge in [-0.3, -0.25) is 4.99 Å². The maximum atomic E-state index is 12.6. The number of hydrogen-bond donors (Lipinski definition) is 4. The summed E-state index contributed by atoms with van der Waals surface area (Å²) in [6.07, 6.45) is 5.69. The number of imidazole rings is 1. The molecule has 5 N–H and O–H groups in total. The number of aromatic amines is 1. The lowest BCUT2D eigenvalue weighted by atomic mass is 9.86. The molecule has 10 heteroatoms. The van der Waals surface area contributed by atoms with Crippen LogP contribution < -0.4 is 16.4 Å². The second-order valence-corrected chi connectivity index (χ2v) is 18.0. The van der Waals surface area contributed by atoms with Gasteiger partial charge in [0.05, 0.1) is 35.9 Å². The summed E-state index contributed by atoms with van der Waals surface area (Å²) in [6.45, 7) is 27.1. The van der Waals surface area contributed by atoms with Crippen molar-refractivity contribution in [2.75, 3.05) is 0 Å². The Bertz CT molecular complexity index is 1990. The van der Waals surface area contributed by atoms with E-state index in [1.165, 1.54) is 0 Å². The van der Waals surface area contributed by atoms with Crippen LogP contribution in [0.3, 0.4) is 0 Å². The number of aliphatic imine (C=N–C) groups is 1. The molecule has 55 heavy (non-hydrogen) atoms. The van der Waals surface area contributed by atoms with E-state index < -0.39 is 34.8 Å². The second kappa shape index (κ2) is 17.9. The van der Waals surface area contributed by atoms with Crippen LogP contribution in [0, 0.1) is 40.4 Å². The SMILES string of the molecule is CC/C=C\C(C#CC#Cc1ccc2cc(-c3cnc([C@@H](NC(=O)OC(C)(C)C)C(C)(C)C)[nH]3)ccc2c1)C(C)/N=C(\N)[C@@H](NC(=O)OC(C)(C)C)C(C)(C)C. The van der Waals surface area contributed by atoms with Crippen LogP contribution in [-0.2, 0) is 9.47 Å². The molecule has 2 aromatic carbocycles. The zero-order chi connectivity index (χ0) is 41.4. The first-order valence-corrected chi connectivity index (χ1v) is 19.0. The van der Waals surface area contributed by atoms with Crippen LogP contribution in [0.4, 0.5) is 9.59 Å². The highest BCUT2D eigenvalue weighted by Gasteiger charge is 2.33. The fraction of sp³-hybridized carbons (Fsp3) is 0.511. The Kier molecular flexibility index (Phi) is 14.4. The quantitative estimate of drug-likeness (QED) is 0.0743. The minimum atomic E-state index is -0.636. The van der Waals surface area contributed by atoms with Crippen molar-refractivity contribution < 1.29 is 19.1 Å². The van der Waals surface area contributed by atoms with Gasteiger partial charge in [-0.1, -0.05) is 90.7 Å². The lowest BCUT2D eigenvalue weighted by molar-refractivity contribution is 0.0455. The van der Waals surface area contributed by atoms with Gasteiger partial charge in [0.2, 0.25) is 0 Å². The van der Waals surface area contributed by atoms with E-state index in [2.05, 4.69) is 69.4 Å². The molecule has 3 aromatic rings. The highest BCUT2D eigenvalue weighted by Crippen LogP contribution is 2.33. The molecule has 2 amide bonds. The standard InChI is InChI=1S/C45H62N6O4/c1-15-16-20-31(29(2)48-38(46)36(42(3,4)5)50-40(52)54-44(9,10)11)21-18-17-19-30-22-23-33-27-34(25-24-32(33)26-30)35-28-47-39(49-35)37(43(6,7)8)51-41(53)55-45(12,13)14/h16,20,22-29,31,36-37H,15H2,1-14H3,(H2,46,48)(H,47,49)(H,50,52)(H,51,53)/b20-16-/t29?,31?,36-,37-/m1/s1. The van der Waals surface area contributed by atoms with Crippen LogP contribution in [0.15, 0.2) is 59.7 Å². The Morgan fingerprint density at radius 3 is 2.05 bits per heavy atom. The van der Waals surface area contributed by atoms with Gasteiger partial charge in [-0.25, -0.2) is 14.6 Å². The van der Waals surface area contributed by atoms with Crippen molar-refractivity contribution in [2.24, 2.45) is 27.5 Å². The molecule has 1 aromatic heterocycles. The Labute approximate surface area is 328 Å². The average Bonchev–Trinajstić information content (AvgIpc) is 3.52. The van der Waals surface area contributed by atoms with E-state index in [-0.39, 0.29) is 23.4 Å². The fourth-order valence-electron chi connectivity index (χ4n) is 5.63. The third-order valence-electron chi connectivity index (χ3n) is 8.33. The topological polar surface area (TPSA) is 144 Å². The lowest BCUT2D eigenvalue weighted by Gasteiger charge is -2.32. The average molecular weight is 751 g/mol. The zero-order valence-corrected chi connectivity index (χ0v) is 35.3. The monoisotopic (exact) mass is 750 g/mol. The number of amides is 2. The summed E-state index contributed by atoms with van der Waals surface area (Å²) in [6, 6.07) is 11.0. The molecule has 0 fully saturated rings. The Morgan fingerprint density at radius 2 is 1.47 bits per heavy atom. The molecule has 0 saturated carbocycles. The summed E-state index contributed by atoms with van der Waals surface area (Å²) in [4.78, 5) is 38.1. The van der Waals surface area contributed by atoms with E-state index in [1.54, 1.807) is 6.20 Å². The molecule has 0 aliphatic carbocycles. The molecule has 0 aliphatic rings. The molecular weight excluding hydrogens is 689 g/mol. The molecule has 0 bridgehead atoms. The number of alkyl carbamates (subject to hydrolysis) is 2. The first-order chi connectivity index (χ1) is 25.4. The maximum Gasteiger partial charge on any atom is 0.408 e. The maximum absolute atomic E-state index is 12.6. The predicted octanol–water partition coefficient (Wildman–Crippen LogP) is 9.46. The normalized spacial score (nSPS) is 14.8. The molecular formula is C45H62N6O4. The number of rotatable bonds is 9. The van der Waals surface area contributed by atoms with Crippen molar-refractivity contribution in [2.45, 2.75) is 133 Å². The Balaban J connectivity index is 1.80. The molecule has 0 spiro atoms. The number of carbonyl (C=O) groups is 2. The van der Waals surface area contributed by atoms with Crippen molar-refractivity contribution in [3.05, 3.63) is 66.1 Å². The molecule has 0 saturated heterocycles. The van der Waals surface area contributed by atoms with Gasteiger partial charge in [0.15, 0.2) is 0 Å². The molecule has 296 valence electrons. The van der Waals surface area contributed by atoms with Crippen LogP contribution in [0.1, 0.15) is 121 Å². The minimum absolute atomic E-state index is 0.236. The molecule has 10 nitrogen and oxygen atoms in total. The van der Waals surface area contributed by atoms with Gasteiger partial charge in [0.1, 0.15) is 22.9 Å². The van der Waals surface area contributed by atoms with Crippen LogP contribution in [0.2, 0.25) is 0 Å².